The van der Waals surface area contributed by atoms with Crippen LogP contribution in [0.5, 0.6) is 0 Å². The van der Waals surface area contributed by atoms with E-state index >= 15 is 0 Å². The molecule has 0 heterocycles. The molecule has 3 aromatic rings. The Balaban J connectivity index is 1.93. The van der Waals surface area contributed by atoms with Gasteiger partial charge in [0.15, 0.2) is 5.60 Å². The molecular formula is C21H15BrCl2N2O2. The molecule has 2 N–H and O–H groups in total. The highest BCUT2D eigenvalue weighted by Crippen LogP contribution is 2.31. The van der Waals surface area contributed by atoms with Crippen molar-refractivity contribution in [3.8, 4) is 0 Å². The lowest BCUT2D eigenvalue weighted by Gasteiger charge is -2.27. The van der Waals surface area contributed by atoms with Crippen molar-refractivity contribution in [2.45, 2.75) is 5.60 Å². The van der Waals surface area contributed by atoms with Crippen LogP contribution in [0.15, 0.2) is 82.4 Å². The fourth-order valence-corrected chi connectivity index (χ4v) is 3.31. The number of hydrogen-bond acceptors (Lipinski definition) is 3. The van der Waals surface area contributed by atoms with E-state index in [-0.39, 0.29) is 0 Å². The van der Waals surface area contributed by atoms with Crippen LogP contribution in [-0.4, -0.2) is 17.2 Å². The number of nitrogens with zero attached hydrogens (tertiary/aromatic N) is 1. The second-order valence-electron chi connectivity index (χ2n) is 5.98. The molecule has 0 aliphatic heterocycles. The van der Waals surface area contributed by atoms with Crippen molar-refractivity contribution < 1.29 is 9.90 Å². The molecule has 1 amide bonds. The summed E-state index contributed by atoms with van der Waals surface area (Å²) in [5.74, 6) is -0.705. The third kappa shape index (κ3) is 4.62. The first-order chi connectivity index (χ1) is 13.4. The monoisotopic (exact) mass is 476 g/mol. The predicted octanol–water partition coefficient (Wildman–Crippen LogP) is 5.14. The summed E-state index contributed by atoms with van der Waals surface area (Å²) in [6.07, 6.45) is 1.49. The van der Waals surface area contributed by atoms with E-state index in [1.807, 2.05) is 24.3 Å². The Hall–Kier alpha value is -2.18. The van der Waals surface area contributed by atoms with E-state index in [0.717, 1.165) is 10.0 Å². The van der Waals surface area contributed by atoms with E-state index in [9.17, 15) is 9.90 Å². The lowest BCUT2D eigenvalue weighted by atomic mass is 9.85. The van der Waals surface area contributed by atoms with Crippen molar-refractivity contribution in [2.24, 2.45) is 5.10 Å². The van der Waals surface area contributed by atoms with Crippen LogP contribution in [0.1, 0.15) is 16.7 Å². The lowest BCUT2D eigenvalue weighted by Crippen LogP contribution is -2.43. The summed E-state index contributed by atoms with van der Waals surface area (Å²) < 4.78 is 0.890. The standard InChI is InChI=1S/C21H15BrCl2N2O2/c22-17-3-1-2-14(12-17)13-25-26-20(27)21(28,15-4-8-18(23)9-5-15)16-6-10-19(24)11-7-16/h1-13,28H,(H,26,27)/b25-13-. The molecule has 0 radical (unpaired) electrons. The van der Waals surface area contributed by atoms with Crippen molar-refractivity contribution in [3.63, 3.8) is 0 Å². The van der Waals surface area contributed by atoms with Crippen LogP contribution >= 0.6 is 39.1 Å². The Morgan fingerprint density at radius 2 is 1.50 bits per heavy atom. The maximum atomic E-state index is 12.9. The van der Waals surface area contributed by atoms with E-state index < -0.39 is 11.5 Å². The number of hydrogen-bond donors (Lipinski definition) is 2. The van der Waals surface area contributed by atoms with Gasteiger partial charge in [-0.25, -0.2) is 5.43 Å². The average Bonchev–Trinajstić information content (AvgIpc) is 2.68. The molecule has 0 fully saturated rings. The minimum atomic E-state index is -1.97. The van der Waals surface area contributed by atoms with Gasteiger partial charge in [0.1, 0.15) is 0 Å². The number of aliphatic hydroxyl groups is 1. The van der Waals surface area contributed by atoms with Crippen molar-refractivity contribution in [2.75, 3.05) is 0 Å². The van der Waals surface area contributed by atoms with Crippen molar-refractivity contribution in [3.05, 3.63) is 104 Å². The Labute approximate surface area is 180 Å². The number of halogens is 3. The van der Waals surface area contributed by atoms with Gasteiger partial charge in [-0.3, -0.25) is 4.79 Å². The van der Waals surface area contributed by atoms with Gasteiger partial charge in [-0.05, 0) is 53.1 Å². The smallest absolute Gasteiger partial charge is 0.281 e. The summed E-state index contributed by atoms with van der Waals surface area (Å²) in [6, 6.07) is 20.2. The summed E-state index contributed by atoms with van der Waals surface area (Å²) in [5.41, 5.74) is 1.95. The largest absolute Gasteiger partial charge is 0.372 e. The Bertz CT molecular complexity index is 960. The second-order valence-corrected chi connectivity index (χ2v) is 7.77. The summed E-state index contributed by atoms with van der Waals surface area (Å²) in [6.45, 7) is 0. The van der Waals surface area contributed by atoms with Crippen molar-refractivity contribution in [1.29, 1.82) is 0 Å². The number of carbonyl (C=O) groups is 1. The Kier molecular flexibility index (Phi) is 6.52. The van der Waals surface area contributed by atoms with Crippen LogP contribution in [0, 0.1) is 0 Å². The highest BCUT2D eigenvalue weighted by Gasteiger charge is 2.40. The molecule has 0 unspecified atom stereocenters. The predicted molar refractivity (Wildman–Crippen MR) is 116 cm³/mol. The SMILES string of the molecule is O=C(N/N=C\c1cccc(Br)c1)C(O)(c1ccc(Cl)cc1)c1ccc(Cl)cc1. The summed E-state index contributed by atoms with van der Waals surface area (Å²) in [4.78, 5) is 12.9. The van der Waals surface area contributed by atoms with Crippen LogP contribution in [0.4, 0.5) is 0 Å². The molecule has 0 bridgehead atoms. The van der Waals surface area contributed by atoms with Gasteiger partial charge < -0.3 is 5.11 Å². The lowest BCUT2D eigenvalue weighted by molar-refractivity contribution is -0.136. The molecule has 4 nitrogen and oxygen atoms in total. The number of carbonyl (C=O) groups excluding carboxylic acids is 1. The van der Waals surface area contributed by atoms with Gasteiger partial charge in [-0.15, -0.1) is 0 Å². The fraction of sp³-hybridized carbons (Fsp3) is 0.0476. The van der Waals surface area contributed by atoms with E-state index in [4.69, 9.17) is 23.2 Å². The van der Waals surface area contributed by atoms with Gasteiger partial charge in [0.25, 0.3) is 5.91 Å². The van der Waals surface area contributed by atoms with Crippen molar-refractivity contribution >= 4 is 51.3 Å². The molecule has 3 rings (SSSR count). The average molecular weight is 478 g/mol. The van der Waals surface area contributed by atoms with E-state index in [1.165, 1.54) is 6.21 Å². The molecule has 0 aliphatic rings. The zero-order valence-corrected chi connectivity index (χ0v) is 17.5. The molecule has 0 atom stereocenters. The van der Waals surface area contributed by atoms with Gasteiger partial charge in [-0.2, -0.15) is 5.10 Å². The first-order valence-corrected chi connectivity index (χ1v) is 9.78. The second kappa shape index (κ2) is 8.88. The summed E-state index contributed by atoms with van der Waals surface area (Å²) >= 11 is 15.3. The molecule has 0 aliphatic carbocycles. The van der Waals surface area contributed by atoms with Crippen molar-refractivity contribution in [1.82, 2.24) is 5.43 Å². The normalized spacial score (nSPS) is 11.6. The van der Waals surface area contributed by atoms with Gasteiger partial charge >= 0.3 is 0 Å². The maximum Gasteiger partial charge on any atom is 0.281 e. The molecule has 0 saturated carbocycles. The van der Waals surface area contributed by atoms with Gasteiger partial charge in [-0.1, -0.05) is 75.5 Å². The molecule has 0 saturated heterocycles. The molecule has 0 spiro atoms. The minimum absolute atomic E-state index is 0.356. The minimum Gasteiger partial charge on any atom is -0.372 e. The molecule has 142 valence electrons. The topological polar surface area (TPSA) is 61.7 Å². The molecular weight excluding hydrogens is 463 g/mol. The zero-order chi connectivity index (χ0) is 20.1. The highest BCUT2D eigenvalue weighted by molar-refractivity contribution is 9.10. The number of nitrogens with one attached hydrogen (secondary N) is 1. The Morgan fingerprint density at radius 3 is 2.00 bits per heavy atom. The zero-order valence-electron chi connectivity index (χ0n) is 14.4. The maximum absolute atomic E-state index is 12.9. The van der Waals surface area contributed by atoms with Gasteiger partial charge in [0, 0.05) is 14.5 Å². The molecule has 28 heavy (non-hydrogen) atoms. The quantitative estimate of drug-likeness (QED) is 0.394. The third-order valence-electron chi connectivity index (χ3n) is 4.08. The van der Waals surface area contributed by atoms with Crippen LogP contribution in [0.2, 0.25) is 10.0 Å². The molecule has 3 aromatic carbocycles. The molecule has 0 aromatic heterocycles. The first-order valence-electron chi connectivity index (χ1n) is 8.23. The van der Waals surface area contributed by atoms with Crippen LogP contribution in [0.25, 0.3) is 0 Å². The van der Waals surface area contributed by atoms with Gasteiger partial charge in [0.05, 0.1) is 6.21 Å². The van der Waals surface area contributed by atoms with E-state index in [2.05, 4.69) is 26.5 Å². The number of rotatable bonds is 5. The van der Waals surface area contributed by atoms with Crippen LogP contribution < -0.4 is 5.43 Å². The number of hydrazone groups is 1. The fourth-order valence-electron chi connectivity index (χ4n) is 2.64. The number of amides is 1. The first kappa shape index (κ1) is 20.6. The van der Waals surface area contributed by atoms with Crippen LogP contribution in [0.3, 0.4) is 0 Å². The third-order valence-corrected chi connectivity index (χ3v) is 5.08. The highest BCUT2D eigenvalue weighted by atomic mass is 79.9. The molecule has 7 heteroatoms. The summed E-state index contributed by atoms with van der Waals surface area (Å²) in [5, 5.41) is 16.3. The van der Waals surface area contributed by atoms with Crippen LogP contribution in [-0.2, 0) is 10.4 Å². The van der Waals surface area contributed by atoms with E-state index in [1.54, 1.807) is 48.5 Å². The summed E-state index contributed by atoms with van der Waals surface area (Å²) in [7, 11) is 0. The van der Waals surface area contributed by atoms with E-state index in [0.29, 0.717) is 21.2 Å². The Morgan fingerprint density at radius 1 is 0.964 bits per heavy atom. The number of benzene rings is 3. The van der Waals surface area contributed by atoms with Gasteiger partial charge in [0.2, 0.25) is 0 Å².